The van der Waals surface area contributed by atoms with Gasteiger partial charge in [-0.15, -0.1) is 0 Å². The molecule has 1 fully saturated rings. The Morgan fingerprint density at radius 3 is 2.46 bits per heavy atom. The fraction of sp³-hybridized carbons (Fsp3) is 0.393. The zero-order valence-electron chi connectivity index (χ0n) is 23.0. The number of halogens is 3. The minimum absolute atomic E-state index is 0.0863. The molecule has 1 aliphatic heterocycles. The van der Waals surface area contributed by atoms with Crippen LogP contribution in [-0.4, -0.2) is 56.6 Å². The predicted octanol–water partition coefficient (Wildman–Crippen LogP) is 5.99. The number of amides is 2. The third kappa shape index (κ3) is 7.02. The molecule has 2 amide bonds. The van der Waals surface area contributed by atoms with E-state index < -0.39 is 41.4 Å². The third-order valence-electron chi connectivity index (χ3n) is 6.15. The summed E-state index contributed by atoms with van der Waals surface area (Å²) in [7, 11) is 0. The zero-order chi connectivity index (χ0) is 29.9. The van der Waals surface area contributed by atoms with Crippen LogP contribution in [0.1, 0.15) is 78.8 Å². The van der Waals surface area contributed by atoms with Crippen molar-refractivity contribution in [3.8, 4) is 11.3 Å². The summed E-state index contributed by atoms with van der Waals surface area (Å²) in [4.78, 5) is 51.3. The summed E-state index contributed by atoms with van der Waals surface area (Å²) < 4.78 is 49.7. The van der Waals surface area contributed by atoms with Crippen molar-refractivity contribution < 1.29 is 37.0 Å². The number of esters is 1. The number of pyridine rings is 1. The number of anilines is 1. The van der Waals surface area contributed by atoms with Crippen LogP contribution in [0.5, 0.6) is 0 Å². The van der Waals surface area contributed by atoms with Gasteiger partial charge in [-0.05, 0) is 64.8 Å². The van der Waals surface area contributed by atoms with Gasteiger partial charge in [0.25, 0.3) is 5.91 Å². The molecule has 10 nitrogen and oxygen atoms in total. The van der Waals surface area contributed by atoms with Gasteiger partial charge in [-0.3, -0.25) is 9.69 Å². The van der Waals surface area contributed by atoms with E-state index in [1.165, 1.54) is 12.1 Å². The molecule has 1 aliphatic rings. The summed E-state index contributed by atoms with van der Waals surface area (Å²) in [5, 5.41) is 2.35. The van der Waals surface area contributed by atoms with E-state index >= 15 is 0 Å². The Bertz CT molecular complexity index is 1430. The van der Waals surface area contributed by atoms with E-state index in [-0.39, 0.29) is 29.4 Å². The van der Waals surface area contributed by atoms with Crippen LogP contribution >= 0.6 is 0 Å². The number of hydrogen-bond donors (Lipinski definition) is 2. The Balaban J connectivity index is 1.59. The van der Waals surface area contributed by atoms with Gasteiger partial charge in [0, 0.05) is 23.9 Å². The number of carbonyl (C=O) groups is 3. The summed E-state index contributed by atoms with van der Waals surface area (Å²) in [6.45, 7) is 7.60. The quantitative estimate of drug-likeness (QED) is 0.347. The summed E-state index contributed by atoms with van der Waals surface area (Å²) >= 11 is 0. The van der Waals surface area contributed by atoms with Gasteiger partial charge in [0.15, 0.2) is 5.69 Å². The van der Waals surface area contributed by atoms with Gasteiger partial charge in [-0.2, -0.15) is 13.2 Å². The van der Waals surface area contributed by atoms with Crippen molar-refractivity contribution in [3.63, 3.8) is 0 Å². The highest BCUT2D eigenvalue weighted by molar-refractivity contribution is 6.04. The third-order valence-corrected chi connectivity index (χ3v) is 6.15. The van der Waals surface area contributed by atoms with Gasteiger partial charge in [0.2, 0.25) is 0 Å². The number of carbonyl (C=O) groups excluding carboxylic acids is 3. The molecule has 13 heteroatoms. The lowest BCUT2D eigenvalue weighted by Gasteiger charge is -2.27. The number of nitrogens with one attached hydrogen (secondary N) is 2. The molecule has 1 unspecified atom stereocenters. The number of likely N-dealkylation sites (tertiary alicyclic amines) is 1. The first-order chi connectivity index (χ1) is 19.3. The van der Waals surface area contributed by atoms with E-state index in [0.717, 1.165) is 24.8 Å². The van der Waals surface area contributed by atoms with Crippen LogP contribution in [0.3, 0.4) is 0 Å². The topological polar surface area (TPSA) is 127 Å². The number of imidazole rings is 1. The Morgan fingerprint density at radius 1 is 1.12 bits per heavy atom. The number of ether oxygens (including phenoxy) is 2. The van der Waals surface area contributed by atoms with Gasteiger partial charge in [-0.25, -0.2) is 19.6 Å². The van der Waals surface area contributed by atoms with Crippen LogP contribution in [0, 0.1) is 0 Å². The lowest BCUT2D eigenvalue weighted by atomic mass is 10.1. The van der Waals surface area contributed by atoms with Crippen molar-refractivity contribution in [1.29, 1.82) is 0 Å². The maximum atomic E-state index is 13.0. The molecule has 2 N–H and O–H groups in total. The number of H-pyrrole nitrogens is 1. The molecule has 41 heavy (non-hydrogen) atoms. The van der Waals surface area contributed by atoms with E-state index in [2.05, 4.69) is 20.3 Å². The summed E-state index contributed by atoms with van der Waals surface area (Å²) in [6.07, 6.45) is -2.77. The van der Waals surface area contributed by atoms with Crippen LogP contribution in [-0.2, 0) is 15.7 Å². The number of benzene rings is 1. The molecule has 1 saturated heterocycles. The summed E-state index contributed by atoms with van der Waals surface area (Å²) in [6, 6.07) is 7.11. The zero-order valence-corrected chi connectivity index (χ0v) is 23.0. The average molecular weight is 574 g/mol. The molecule has 218 valence electrons. The minimum atomic E-state index is -4.58. The lowest BCUT2D eigenvalue weighted by molar-refractivity contribution is -0.137. The number of nitrogens with zero attached hydrogens (tertiary/aromatic N) is 3. The van der Waals surface area contributed by atoms with Gasteiger partial charge in [-0.1, -0.05) is 12.1 Å². The molecule has 0 saturated carbocycles. The summed E-state index contributed by atoms with van der Waals surface area (Å²) in [5.41, 5.74) is -0.644. The Morgan fingerprint density at radius 2 is 1.83 bits per heavy atom. The van der Waals surface area contributed by atoms with Crippen LogP contribution < -0.4 is 5.32 Å². The molecular weight excluding hydrogens is 543 g/mol. The number of aromatic amines is 1. The van der Waals surface area contributed by atoms with Gasteiger partial charge >= 0.3 is 18.2 Å². The maximum Gasteiger partial charge on any atom is 0.416 e. The fourth-order valence-electron chi connectivity index (χ4n) is 4.34. The Kier molecular flexibility index (Phi) is 8.36. The monoisotopic (exact) mass is 573 g/mol. The molecule has 2 aromatic heterocycles. The molecular formula is C28H30F3N5O5. The van der Waals surface area contributed by atoms with Crippen molar-refractivity contribution in [1.82, 2.24) is 19.9 Å². The van der Waals surface area contributed by atoms with E-state index in [9.17, 15) is 27.6 Å². The Labute approximate surface area is 234 Å². The molecule has 0 radical (unpaired) electrons. The molecule has 4 rings (SSSR count). The van der Waals surface area contributed by atoms with Crippen molar-refractivity contribution >= 4 is 23.8 Å². The fourth-order valence-corrected chi connectivity index (χ4v) is 4.34. The molecule has 3 aromatic rings. The molecule has 0 aliphatic carbocycles. The normalized spacial score (nSPS) is 15.5. The SMILES string of the molecule is CCOC(=O)c1[nH]c(C2CCCN2C(=O)OC(C)(C)C)nc1-c1ccc(C(=O)Nc2cc(C(F)(F)F)ccn2)cc1. The number of rotatable bonds is 6. The first-order valence-electron chi connectivity index (χ1n) is 13.0. The van der Waals surface area contributed by atoms with Crippen LogP contribution in [0.15, 0.2) is 42.6 Å². The van der Waals surface area contributed by atoms with Crippen LogP contribution in [0.2, 0.25) is 0 Å². The highest BCUT2D eigenvalue weighted by Crippen LogP contribution is 2.35. The maximum absolute atomic E-state index is 13.0. The lowest BCUT2D eigenvalue weighted by Crippen LogP contribution is -2.36. The van der Waals surface area contributed by atoms with Gasteiger partial charge in [0.1, 0.15) is 22.9 Å². The number of alkyl halides is 3. The standard InChI is InChI=1S/C28H30F3N5O5/c1-5-40-25(38)22-21(34-23(35-22)19-7-6-14-36(19)26(39)41-27(2,3)4)16-8-10-17(11-9-16)24(37)33-20-15-18(12-13-32-20)28(29,30)31/h8-13,15,19H,5-7,14H2,1-4H3,(H,34,35)(H,32,33,37). The average Bonchev–Trinajstić information content (AvgIpc) is 3.55. The molecule has 1 atom stereocenters. The van der Waals surface area contributed by atoms with Crippen molar-refractivity contribution in [3.05, 3.63) is 65.2 Å². The van der Waals surface area contributed by atoms with Gasteiger partial charge < -0.3 is 19.8 Å². The highest BCUT2D eigenvalue weighted by Gasteiger charge is 2.36. The van der Waals surface area contributed by atoms with Gasteiger partial charge in [0.05, 0.1) is 18.2 Å². The second-order valence-corrected chi connectivity index (χ2v) is 10.4. The van der Waals surface area contributed by atoms with E-state index in [0.29, 0.717) is 24.4 Å². The van der Waals surface area contributed by atoms with Crippen molar-refractivity contribution in [2.24, 2.45) is 0 Å². The first kappa shape index (κ1) is 29.6. The Hall–Kier alpha value is -4.42. The first-order valence-corrected chi connectivity index (χ1v) is 13.0. The number of hydrogen-bond acceptors (Lipinski definition) is 7. The van der Waals surface area contributed by atoms with Crippen molar-refractivity contribution in [2.75, 3.05) is 18.5 Å². The molecule has 1 aromatic carbocycles. The largest absolute Gasteiger partial charge is 0.461 e. The second-order valence-electron chi connectivity index (χ2n) is 10.4. The highest BCUT2D eigenvalue weighted by atomic mass is 19.4. The van der Waals surface area contributed by atoms with E-state index in [4.69, 9.17) is 9.47 Å². The van der Waals surface area contributed by atoms with E-state index in [1.807, 2.05) is 0 Å². The molecule has 0 bridgehead atoms. The summed E-state index contributed by atoms with van der Waals surface area (Å²) in [5.74, 6) is -1.17. The smallest absolute Gasteiger partial charge is 0.416 e. The molecule has 0 spiro atoms. The van der Waals surface area contributed by atoms with Crippen LogP contribution in [0.4, 0.5) is 23.8 Å². The minimum Gasteiger partial charge on any atom is -0.461 e. The van der Waals surface area contributed by atoms with Crippen molar-refractivity contribution in [2.45, 2.75) is 58.4 Å². The second kappa shape index (κ2) is 11.6. The van der Waals surface area contributed by atoms with Crippen LogP contribution in [0.25, 0.3) is 11.3 Å². The predicted molar refractivity (Wildman–Crippen MR) is 142 cm³/mol. The van der Waals surface area contributed by atoms with E-state index in [1.54, 1.807) is 44.7 Å². The number of aromatic nitrogens is 3. The molecule has 3 heterocycles.